The Morgan fingerprint density at radius 2 is 1.89 bits per heavy atom. The molecule has 0 heterocycles. The predicted octanol–water partition coefficient (Wildman–Crippen LogP) is 5.00. The van der Waals surface area contributed by atoms with Gasteiger partial charge in [0.15, 0.2) is 0 Å². The maximum atomic E-state index is 9.83. The molecule has 1 N–H and O–H groups in total. The van der Waals surface area contributed by atoms with Crippen LogP contribution in [0.15, 0.2) is 35.2 Å². The van der Waals surface area contributed by atoms with Gasteiger partial charge in [-0.1, -0.05) is 38.0 Å². The first-order valence-electron chi connectivity index (χ1n) is 6.54. The van der Waals surface area contributed by atoms with Crippen molar-refractivity contribution in [3.05, 3.63) is 35.9 Å². The molecule has 0 aliphatic rings. The van der Waals surface area contributed by atoms with Gasteiger partial charge in [-0.05, 0) is 47.6 Å². The van der Waals surface area contributed by atoms with Crippen LogP contribution in [0.4, 0.5) is 0 Å². The zero-order valence-electron chi connectivity index (χ0n) is 11.1. The second kappa shape index (κ2) is 6.14. The first kappa shape index (κ1) is 13.3. The molecule has 0 saturated carbocycles. The number of rotatable bonds is 5. The highest BCUT2D eigenvalue weighted by atomic mass is 32.2. The Hall–Kier alpha value is -1.15. The van der Waals surface area contributed by atoms with E-state index in [0.717, 1.165) is 16.7 Å². The highest BCUT2D eigenvalue weighted by molar-refractivity contribution is 7.98. The third kappa shape index (κ3) is 2.99. The van der Waals surface area contributed by atoms with E-state index in [2.05, 4.69) is 31.2 Å². The van der Waals surface area contributed by atoms with Crippen LogP contribution < -0.4 is 0 Å². The molecule has 2 rings (SSSR count). The third-order valence-electron chi connectivity index (χ3n) is 3.27. The predicted molar refractivity (Wildman–Crippen MR) is 80.6 cm³/mol. The lowest BCUT2D eigenvalue weighted by Gasteiger charge is -2.07. The van der Waals surface area contributed by atoms with Gasteiger partial charge in [-0.25, -0.2) is 0 Å². The van der Waals surface area contributed by atoms with E-state index in [1.54, 1.807) is 11.8 Å². The van der Waals surface area contributed by atoms with Crippen molar-refractivity contribution < 1.29 is 5.11 Å². The largest absolute Gasteiger partial charge is 0.507 e. The number of phenols is 1. The molecule has 1 nitrogen and oxygen atoms in total. The van der Waals surface area contributed by atoms with Crippen LogP contribution in [-0.4, -0.2) is 11.4 Å². The van der Waals surface area contributed by atoms with Gasteiger partial charge in [0.1, 0.15) is 5.75 Å². The molecule has 0 aliphatic carbocycles. The molecule has 0 aliphatic heterocycles. The minimum absolute atomic E-state index is 0.383. The molecule has 96 valence electrons. The maximum absolute atomic E-state index is 9.83. The summed E-state index contributed by atoms with van der Waals surface area (Å²) in [6, 6.07) is 10.5. The SMILES string of the molecule is CCCCCc1ccc2cc(O)c(SC)cc2c1. The maximum Gasteiger partial charge on any atom is 0.129 e. The standard InChI is InChI=1S/C16H20OS/c1-3-4-5-6-12-7-8-13-10-15(17)16(18-2)11-14(13)9-12/h7-11,17H,3-6H2,1-2H3. The van der Waals surface area contributed by atoms with Crippen molar-refractivity contribution in [2.45, 2.75) is 37.5 Å². The number of fused-ring (bicyclic) bond motifs is 1. The van der Waals surface area contributed by atoms with Gasteiger partial charge in [0.25, 0.3) is 0 Å². The molecule has 0 spiro atoms. The van der Waals surface area contributed by atoms with E-state index in [0.29, 0.717) is 5.75 Å². The van der Waals surface area contributed by atoms with Crippen LogP contribution in [0, 0.1) is 0 Å². The average molecular weight is 260 g/mol. The molecule has 0 amide bonds. The fraction of sp³-hybridized carbons (Fsp3) is 0.375. The number of unbranched alkanes of at least 4 members (excludes halogenated alkanes) is 2. The van der Waals surface area contributed by atoms with Crippen molar-refractivity contribution in [3.63, 3.8) is 0 Å². The topological polar surface area (TPSA) is 20.2 Å². The van der Waals surface area contributed by atoms with Crippen molar-refractivity contribution in [2.75, 3.05) is 6.26 Å². The highest BCUT2D eigenvalue weighted by Gasteiger charge is 2.03. The number of hydrogen-bond donors (Lipinski definition) is 1. The van der Waals surface area contributed by atoms with Crippen LogP contribution in [-0.2, 0) is 6.42 Å². The van der Waals surface area contributed by atoms with Gasteiger partial charge in [-0.15, -0.1) is 11.8 Å². The van der Waals surface area contributed by atoms with Gasteiger partial charge in [0.2, 0.25) is 0 Å². The number of thioether (sulfide) groups is 1. The molecular weight excluding hydrogens is 240 g/mol. The van der Waals surface area contributed by atoms with E-state index >= 15 is 0 Å². The van der Waals surface area contributed by atoms with Crippen LogP contribution in [0.25, 0.3) is 10.8 Å². The monoisotopic (exact) mass is 260 g/mol. The molecule has 18 heavy (non-hydrogen) atoms. The normalized spacial score (nSPS) is 11.0. The van der Waals surface area contributed by atoms with E-state index < -0.39 is 0 Å². The van der Waals surface area contributed by atoms with Gasteiger partial charge in [0, 0.05) is 4.90 Å². The Bertz CT molecular complexity index is 534. The molecule has 0 fully saturated rings. The van der Waals surface area contributed by atoms with E-state index in [9.17, 15) is 5.11 Å². The molecule has 0 aromatic heterocycles. The highest BCUT2D eigenvalue weighted by Crippen LogP contribution is 2.31. The first-order chi connectivity index (χ1) is 8.74. The van der Waals surface area contributed by atoms with E-state index in [-0.39, 0.29) is 0 Å². The lowest BCUT2D eigenvalue weighted by molar-refractivity contribution is 0.463. The smallest absolute Gasteiger partial charge is 0.129 e. The summed E-state index contributed by atoms with van der Waals surface area (Å²) >= 11 is 1.59. The first-order valence-corrected chi connectivity index (χ1v) is 7.76. The van der Waals surface area contributed by atoms with E-state index in [1.807, 2.05) is 12.3 Å². The Balaban J connectivity index is 2.29. The molecule has 0 unspecified atom stereocenters. The molecule has 0 saturated heterocycles. The Kier molecular flexibility index (Phi) is 4.54. The third-order valence-corrected chi connectivity index (χ3v) is 4.04. The average Bonchev–Trinajstić information content (AvgIpc) is 2.38. The van der Waals surface area contributed by atoms with Crippen LogP contribution >= 0.6 is 11.8 Å². The van der Waals surface area contributed by atoms with Crippen molar-refractivity contribution in [1.82, 2.24) is 0 Å². The fourth-order valence-corrected chi connectivity index (χ4v) is 2.73. The summed E-state index contributed by atoms with van der Waals surface area (Å²) in [6.45, 7) is 2.23. The Labute approximate surface area is 113 Å². The van der Waals surface area contributed by atoms with Crippen LogP contribution in [0.2, 0.25) is 0 Å². The van der Waals surface area contributed by atoms with Crippen molar-refractivity contribution >= 4 is 22.5 Å². The van der Waals surface area contributed by atoms with Crippen LogP contribution in [0.3, 0.4) is 0 Å². The summed E-state index contributed by atoms with van der Waals surface area (Å²) < 4.78 is 0. The molecule has 0 bridgehead atoms. The van der Waals surface area contributed by atoms with Gasteiger partial charge < -0.3 is 5.11 Å². The van der Waals surface area contributed by atoms with Crippen LogP contribution in [0.5, 0.6) is 5.75 Å². The second-order valence-corrected chi connectivity index (χ2v) is 5.51. The number of phenolic OH excluding ortho intramolecular Hbond substituents is 1. The lowest BCUT2D eigenvalue weighted by Crippen LogP contribution is -1.86. The Morgan fingerprint density at radius 1 is 1.06 bits per heavy atom. The molecule has 0 atom stereocenters. The molecule has 2 aromatic carbocycles. The zero-order valence-corrected chi connectivity index (χ0v) is 11.9. The zero-order chi connectivity index (χ0) is 13.0. The van der Waals surface area contributed by atoms with Crippen LogP contribution in [0.1, 0.15) is 31.7 Å². The van der Waals surface area contributed by atoms with E-state index in [4.69, 9.17) is 0 Å². The summed E-state index contributed by atoms with van der Waals surface area (Å²) in [6.07, 6.45) is 6.96. The second-order valence-electron chi connectivity index (χ2n) is 4.66. The van der Waals surface area contributed by atoms with Crippen molar-refractivity contribution in [1.29, 1.82) is 0 Å². The summed E-state index contributed by atoms with van der Waals surface area (Å²) in [4.78, 5) is 0.952. The van der Waals surface area contributed by atoms with Crippen molar-refractivity contribution in [3.8, 4) is 5.75 Å². The summed E-state index contributed by atoms with van der Waals surface area (Å²) in [7, 11) is 0. The molecule has 2 heteroatoms. The van der Waals surface area contributed by atoms with Gasteiger partial charge in [-0.3, -0.25) is 0 Å². The van der Waals surface area contributed by atoms with Gasteiger partial charge >= 0.3 is 0 Å². The minimum atomic E-state index is 0.383. The quantitative estimate of drug-likeness (QED) is 0.603. The number of aryl methyl sites for hydroxylation is 1. The molecule has 0 radical (unpaired) electrons. The summed E-state index contributed by atoms with van der Waals surface area (Å²) in [5.41, 5.74) is 1.40. The molecular formula is C16H20OS. The summed E-state index contributed by atoms with van der Waals surface area (Å²) in [5, 5.41) is 12.2. The van der Waals surface area contributed by atoms with Gasteiger partial charge in [0.05, 0.1) is 0 Å². The fourth-order valence-electron chi connectivity index (χ4n) is 2.21. The molecule has 2 aromatic rings. The number of benzene rings is 2. The van der Waals surface area contributed by atoms with E-state index in [1.165, 1.54) is 30.2 Å². The number of aromatic hydroxyl groups is 1. The van der Waals surface area contributed by atoms with Crippen molar-refractivity contribution in [2.24, 2.45) is 0 Å². The van der Waals surface area contributed by atoms with Gasteiger partial charge in [-0.2, -0.15) is 0 Å². The number of hydrogen-bond acceptors (Lipinski definition) is 2. The lowest BCUT2D eigenvalue weighted by atomic mass is 10.0. The summed E-state index contributed by atoms with van der Waals surface area (Å²) in [5.74, 6) is 0.383. The minimum Gasteiger partial charge on any atom is -0.507 e. The Morgan fingerprint density at radius 3 is 2.61 bits per heavy atom.